The Bertz CT molecular complexity index is 1110. The Balaban J connectivity index is 0.00000289. The first-order valence-corrected chi connectivity index (χ1v) is 10.2. The number of fused-ring (bicyclic) bond motifs is 1. The fourth-order valence-electron chi connectivity index (χ4n) is 3.98. The van der Waals surface area contributed by atoms with Gasteiger partial charge in [0.25, 0.3) is 0 Å². The third kappa shape index (κ3) is 4.43. The van der Waals surface area contributed by atoms with Gasteiger partial charge in [-0.3, -0.25) is 4.79 Å². The van der Waals surface area contributed by atoms with Gasteiger partial charge in [-0.05, 0) is 31.4 Å². The van der Waals surface area contributed by atoms with Crippen LogP contribution >= 0.6 is 11.6 Å². The number of hydrogen-bond acceptors (Lipinski definition) is 5. The number of nitrogens with one attached hydrogen (secondary N) is 2. The predicted molar refractivity (Wildman–Crippen MR) is 113 cm³/mol. The van der Waals surface area contributed by atoms with Gasteiger partial charge in [0.15, 0.2) is 5.82 Å². The maximum atomic E-state index is 12.6. The van der Waals surface area contributed by atoms with Crippen molar-refractivity contribution in [3.63, 3.8) is 0 Å². The number of pyridine rings is 1. The van der Waals surface area contributed by atoms with E-state index in [0.29, 0.717) is 40.7 Å². The molecule has 31 heavy (non-hydrogen) atoms. The van der Waals surface area contributed by atoms with Crippen molar-refractivity contribution >= 4 is 34.4 Å². The summed E-state index contributed by atoms with van der Waals surface area (Å²) in [6.45, 7) is 0.619. The quantitative estimate of drug-likeness (QED) is 0.598. The van der Waals surface area contributed by atoms with Crippen molar-refractivity contribution in [3.05, 3.63) is 35.7 Å². The maximum Gasteiger partial charge on any atom is 0.405 e. The molecule has 1 saturated heterocycles. The summed E-state index contributed by atoms with van der Waals surface area (Å²) in [5.41, 5.74) is 1.32. The average molecular weight is 455 g/mol. The van der Waals surface area contributed by atoms with Crippen molar-refractivity contribution in [3.8, 4) is 11.4 Å². The van der Waals surface area contributed by atoms with Crippen LogP contribution in [0.25, 0.3) is 22.4 Å². The Hall–Kier alpha value is -2.88. The van der Waals surface area contributed by atoms with Gasteiger partial charge in [0.1, 0.15) is 24.1 Å². The van der Waals surface area contributed by atoms with E-state index in [-0.39, 0.29) is 7.47 Å². The first-order chi connectivity index (χ1) is 14.8. The minimum Gasteiger partial charge on any atom is -0.345 e. The summed E-state index contributed by atoms with van der Waals surface area (Å²) in [6, 6.07) is 2.68. The smallest absolute Gasteiger partial charge is 0.345 e. The number of H-pyrrole nitrogens is 1. The number of alkyl halides is 3. The molecule has 11 heteroatoms. The highest BCUT2D eigenvalue weighted by Crippen LogP contribution is 2.33. The van der Waals surface area contributed by atoms with Crippen molar-refractivity contribution in [2.45, 2.75) is 44.4 Å². The van der Waals surface area contributed by atoms with E-state index in [0.717, 1.165) is 11.8 Å². The molecule has 2 atom stereocenters. The lowest BCUT2D eigenvalue weighted by Gasteiger charge is -2.30. The van der Waals surface area contributed by atoms with Gasteiger partial charge in [0, 0.05) is 37.0 Å². The lowest BCUT2D eigenvalue weighted by atomic mass is 10.1. The molecule has 1 aliphatic rings. The zero-order valence-corrected chi connectivity index (χ0v) is 17.3. The summed E-state index contributed by atoms with van der Waals surface area (Å²) in [6.07, 6.45) is 2.24. The van der Waals surface area contributed by atoms with Crippen LogP contribution in [-0.2, 0) is 4.79 Å². The molecule has 1 aliphatic heterocycles. The normalized spacial score (nSPS) is 19.2. The van der Waals surface area contributed by atoms with Crippen LogP contribution in [0.5, 0.6) is 0 Å². The first-order valence-electron chi connectivity index (χ1n) is 9.85. The van der Waals surface area contributed by atoms with Crippen LogP contribution in [0.1, 0.15) is 27.6 Å². The van der Waals surface area contributed by atoms with E-state index < -0.39 is 24.7 Å². The van der Waals surface area contributed by atoms with E-state index in [1.54, 1.807) is 29.4 Å². The summed E-state index contributed by atoms with van der Waals surface area (Å²) in [4.78, 5) is 30.6. The number of aromatic amines is 1. The molecule has 166 valence electrons. The summed E-state index contributed by atoms with van der Waals surface area (Å²) in [7, 11) is 0. The van der Waals surface area contributed by atoms with Gasteiger partial charge in [-0.15, -0.1) is 0 Å². The molecule has 3 aromatic rings. The number of halogens is 4. The zero-order valence-electron chi connectivity index (χ0n) is 16.6. The van der Waals surface area contributed by atoms with Gasteiger partial charge in [-0.1, -0.05) is 18.5 Å². The molecule has 0 saturated carbocycles. The zero-order chi connectivity index (χ0) is 22.2. The molecule has 4 rings (SSSR count). The van der Waals surface area contributed by atoms with Crippen LogP contribution < -0.4 is 10.2 Å². The molecule has 1 fully saturated rings. The standard InChI is InChI=1S/C20H20ClF3N6O.H2/c1-2-12-3-4-15(19(31)28-10-20(22,23)24)30(12)16-5-6-25-18(29-16)14-9-27-17-13(14)7-11(21)8-26-17;/h5-9,12,15H,2-4,10H2,1H3,(H,26,27)(H,28,31);1H/t12-,15+;/m0./s1. The maximum absolute atomic E-state index is 12.6. The lowest BCUT2D eigenvalue weighted by molar-refractivity contribution is -0.139. The van der Waals surface area contributed by atoms with Crippen molar-refractivity contribution in [1.82, 2.24) is 25.3 Å². The van der Waals surface area contributed by atoms with E-state index in [1.807, 2.05) is 12.2 Å². The molecule has 1 amide bonds. The number of anilines is 1. The third-order valence-corrected chi connectivity index (χ3v) is 5.59. The predicted octanol–water partition coefficient (Wildman–Crippen LogP) is 4.35. The van der Waals surface area contributed by atoms with E-state index in [1.165, 1.54) is 6.20 Å². The van der Waals surface area contributed by atoms with E-state index in [2.05, 4.69) is 19.9 Å². The highest BCUT2D eigenvalue weighted by Gasteiger charge is 2.39. The van der Waals surface area contributed by atoms with Gasteiger partial charge < -0.3 is 15.2 Å². The molecule has 0 unspecified atom stereocenters. The molecular weight excluding hydrogens is 433 g/mol. The summed E-state index contributed by atoms with van der Waals surface area (Å²) in [5, 5.41) is 3.22. The molecule has 4 heterocycles. The number of hydrogen-bond donors (Lipinski definition) is 2. The number of carbonyl (C=O) groups is 1. The highest BCUT2D eigenvalue weighted by molar-refractivity contribution is 6.31. The van der Waals surface area contributed by atoms with Crippen molar-refractivity contribution in [2.75, 3.05) is 11.4 Å². The first kappa shape index (κ1) is 21.4. The molecule has 3 aromatic heterocycles. The van der Waals surface area contributed by atoms with Crippen LogP contribution in [0.3, 0.4) is 0 Å². The minimum atomic E-state index is -4.46. The van der Waals surface area contributed by atoms with Crippen LogP contribution in [-0.4, -0.2) is 50.6 Å². The number of rotatable bonds is 5. The van der Waals surface area contributed by atoms with Crippen LogP contribution in [0.4, 0.5) is 19.0 Å². The molecule has 0 radical (unpaired) electrons. The Labute approximate surface area is 182 Å². The molecule has 7 nitrogen and oxygen atoms in total. The van der Waals surface area contributed by atoms with E-state index in [4.69, 9.17) is 11.6 Å². The SMILES string of the molecule is CC[C@H]1CC[C@H](C(=O)NCC(F)(F)F)N1c1ccnc(-c2c[nH]c3ncc(Cl)cc23)n1.[HH]. The fraction of sp³-hybridized carbons (Fsp3) is 0.400. The minimum absolute atomic E-state index is 0. The summed E-state index contributed by atoms with van der Waals surface area (Å²) in [5.74, 6) is 0.242. The van der Waals surface area contributed by atoms with E-state index in [9.17, 15) is 18.0 Å². The Kier molecular flexibility index (Phi) is 5.74. The number of amides is 1. The topological polar surface area (TPSA) is 86.8 Å². The largest absolute Gasteiger partial charge is 0.405 e. The number of nitrogens with zero attached hydrogens (tertiary/aromatic N) is 4. The van der Waals surface area contributed by atoms with Gasteiger partial charge in [0.2, 0.25) is 5.91 Å². The second kappa shape index (κ2) is 8.33. The van der Waals surface area contributed by atoms with Crippen molar-refractivity contribution < 1.29 is 19.4 Å². The van der Waals surface area contributed by atoms with Gasteiger partial charge in [0.05, 0.1) is 5.02 Å². The molecule has 0 spiro atoms. The second-order valence-electron chi connectivity index (χ2n) is 7.39. The van der Waals surface area contributed by atoms with Gasteiger partial charge in [-0.25, -0.2) is 15.0 Å². The van der Waals surface area contributed by atoms with Gasteiger partial charge >= 0.3 is 6.18 Å². The Morgan fingerprint density at radius 3 is 2.94 bits per heavy atom. The highest BCUT2D eigenvalue weighted by atomic mass is 35.5. The second-order valence-corrected chi connectivity index (χ2v) is 7.82. The number of aromatic nitrogens is 4. The molecule has 0 aromatic carbocycles. The Morgan fingerprint density at radius 2 is 2.19 bits per heavy atom. The molecule has 0 aliphatic carbocycles. The lowest BCUT2D eigenvalue weighted by Crippen LogP contribution is -2.48. The average Bonchev–Trinajstić information content (AvgIpc) is 3.35. The molecular formula is C20H22ClF3N6O. The van der Waals surface area contributed by atoms with Crippen molar-refractivity contribution in [1.29, 1.82) is 0 Å². The third-order valence-electron chi connectivity index (χ3n) is 5.38. The molecule has 0 bridgehead atoms. The van der Waals surface area contributed by atoms with Crippen LogP contribution in [0.2, 0.25) is 5.02 Å². The monoisotopic (exact) mass is 454 g/mol. The summed E-state index contributed by atoms with van der Waals surface area (Å²) >= 11 is 6.07. The van der Waals surface area contributed by atoms with Gasteiger partial charge in [-0.2, -0.15) is 13.2 Å². The number of carbonyl (C=O) groups excluding carboxylic acids is 1. The Morgan fingerprint density at radius 1 is 1.39 bits per heavy atom. The van der Waals surface area contributed by atoms with Crippen LogP contribution in [0, 0.1) is 0 Å². The van der Waals surface area contributed by atoms with Crippen molar-refractivity contribution in [2.24, 2.45) is 0 Å². The summed E-state index contributed by atoms with van der Waals surface area (Å²) < 4.78 is 37.7. The van der Waals surface area contributed by atoms with Crippen LogP contribution in [0.15, 0.2) is 30.7 Å². The molecule has 2 N–H and O–H groups in total. The fourth-order valence-corrected chi connectivity index (χ4v) is 4.14. The van der Waals surface area contributed by atoms with E-state index >= 15 is 0 Å².